The number of rotatable bonds is 6. The minimum Gasteiger partial charge on any atom is -0.490 e. The molecule has 0 N–H and O–H groups in total. The summed E-state index contributed by atoms with van der Waals surface area (Å²) < 4.78 is 17.0. The van der Waals surface area contributed by atoms with E-state index in [4.69, 9.17) is 14.0 Å². The molecule has 0 radical (unpaired) electrons. The first-order chi connectivity index (χ1) is 12.1. The Hall–Kier alpha value is -2.60. The normalized spacial score (nSPS) is 10.5. The number of aromatic nitrogens is 1. The fraction of sp³-hybridized carbons (Fsp3) is 0.158. The van der Waals surface area contributed by atoms with Gasteiger partial charge in [0, 0.05) is 10.0 Å². The molecule has 0 saturated carbocycles. The van der Waals surface area contributed by atoms with Gasteiger partial charge in [-0.15, -0.1) is 0 Å². The van der Waals surface area contributed by atoms with Gasteiger partial charge in [-0.2, -0.15) is 0 Å². The summed E-state index contributed by atoms with van der Waals surface area (Å²) in [7, 11) is 0. The second-order valence-electron chi connectivity index (χ2n) is 5.27. The topological polar surface area (TPSA) is 61.6 Å². The zero-order valence-corrected chi connectivity index (χ0v) is 15.2. The van der Waals surface area contributed by atoms with Crippen molar-refractivity contribution in [1.29, 1.82) is 0 Å². The highest BCUT2D eigenvalue weighted by Gasteiger charge is 2.22. The molecule has 6 heteroatoms. The lowest BCUT2D eigenvalue weighted by Gasteiger charge is -2.08. The van der Waals surface area contributed by atoms with Crippen LogP contribution in [0.4, 0.5) is 0 Å². The smallest absolute Gasteiger partial charge is 0.344 e. The van der Waals surface area contributed by atoms with Crippen LogP contribution in [0.3, 0.4) is 0 Å². The van der Waals surface area contributed by atoms with Crippen LogP contribution >= 0.6 is 15.9 Å². The molecule has 2 aromatic carbocycles. The SMILES string of the molecule is Cc1onc(-c2ccccc2)c1C(=O)OCCOc1ccc(Br)cc1. The monoisotopic (exact) mass is 401 g/mol. The van der Waals surface area contributed by atoms with E-state index in [-0.39, 0.29) is 13.2 Å². The highest BCUT2D eigenvalue weighted by atomic mass is 79.9. The molecule has 3 aromatic rings. The van der Waals surface area contributed by atoms with E-state index in [2.05, 4.69) is 21.1 Å². The number of ether oxygens (including phenoxy) is 2. The lowest BCUT2D eigenvalue weighted by atomic mass is 10.1. The van der Waals surface area contributed by atoms with E-state index in [1.165, 1.54) is 0 Å². The van der Waals surface area contributed by atoms with Crippen LogP contribution in [-0.4, -0.2) is 24.3 Å². The Labute approximate surface area is 153 Å². The van der Waals surface area contributed by atoms with Gasteiger partial charge in [-0.05, 0) is 31.2 Å². The summed E-state index contributed by atoms with van der Waals surface area (Å²) in [5.74, 6) is 0.667. The number of carbonyl (C=O) groups is 1. The van der Waals surface area contributed by atoms with E-state index in [0.717, 1.165) is 10.0 Å². The van der Waals surface area contributed by atoms with Crippen molar-refractivity contribution in [1.82, 2.24) is 5.16 Å². The Bertz CT molecular complexity index is 844. The van der Waals surface area contributed by atoms with Gasteiger partial charge in [0.2, 0.25) is 0 Å². The van der Waals surface area contributed by atoms with Crippen molar-refractivity contribution in [2.75, 3.05) is 13.2 Å². The van der Waals surface area contributed by atoms with Crippen LogP contribution in [0, 0.1) is 6.92 Å². The molecule has 5 nitrogen and oxygen atoms in total. The number of benzene rings is 2. The molecule has 0 spiro atoms. The fourth-order valence-electron chi connectivity index (χ4n) is 2.30. The van der Waals surface area contributed by atoms with Crippen molar-refractivity contribution in [3.05, 3.63) is 70.4 Å². The number of halogens is 1. The van der Waals surface area contributed by atoms with Crippen LogP contribution in [0.15, 0.2) is 63.6 Å². The highest BCUT2D eigenvalue weighted by molar-refractivity contribution is 9.10. The van der Waals surface area contributed by atoms with Crippen molar-refractivity contribution < 1.29 is 18.8 Å². The maximum atomic E-state index is 12.4. The minimum atomic E-state index is -0.475. The van der Waals surface area contributed by atoms with Crippen LogP contribution in [0.1, 0.15) is 16.1 Å². The number of aryl methyl sites for hydroxylation is 1. The zero-order chi connectivity index (χ0) is 17.6. The largest absolute Gasteiger partial charge is 0.490 e. The fourth-order valence-corrected chi connectivity index (χ4v) is 2.57. The molecule has 0 aliphatic carbocycles. The minimum absolute atomic E-state index is 0.133. The lowest BCUT2D eigenvalue weighted by molar-refractivity contribution is 0.0449. The summed E-state index contributed by atoms with van der Waals surface area (Å²) in [6, 6.07) is 16.8. The van der Waals surface area contributed by atoms with E-state index in [1.54, 1.807) is 6.92 Å². The molecule has 0 fully saturated rings. The molecule has 0 atom stereocenters. The van der Waals surface area contributed by atoms with Gasteiger partial charge in [-0.1, -0.05) is 51.4 Å². The van der Waals surface area contributed by atoms with E-state index in [1.807, 2.05) is 54.6 Å². The third kappa shape index (κ3) is 4.28. The summed E-state index contributed by atoms with van der Waals surface area (Å²) in [6.07, 6.45) is 0. The summed E-state index contributed by atoms with van der Waals surface area (Å²) in [6.45, 7) is 2.08. The van der Waals surface area contributed by atoms with Gasteiger partial charge in [-0.3, -0.25) is 0 Å². The van der Waals surface area contributed by atoms with Crippen LogP contribution in [0.2, 0.25) is 0 Å². The van der Waals surface area contributed by atoms with Crippen molar-refractivity contribution >= 4 is 21.9 Å². The summed E-state index contributed by atoms with van der Waals surface area (Å²) in [5.41, 5.74) is 1.63. The molecule has 0 amide bonds. The van der Waals surface area contributed by atoms with Gasteiger partial charge in [-0.25, -0.2) is 4.79 Å². The van der Waals surface area contributed by atoms with Crippen molar-refractivity contribution in [3.8, 4) is 17.0 Å². The molecule has 0 aliphatic heterocycles. The molecular formula is C19H16BrNO4. The predicted octanol–water partition coefficient (Wildman–Crippen LogP) is 4.65. The number of nitrogens with zero attached hydrogens (tertiary/aromatic N) is 1. The summed E-state index contributed by atoms with van der Waals surface area (Å²) in [4.78, 5) is 12.4. The molecular weight excluding hydrogens is 386 g/mol. The van der Waals surface area contributed by atoms with Crippen LogP contribution in [-0.2, 0) is 4.74 Å². The zero-order valence-electron chi connectivity index (χ0n) is 13.6. The highest BCUT2D eigenvalue weighted by Crippen LogP contribution is 2.25. The number of carbonyl (C=O) groups excluding carboxylic acids is 1. The Morgan fingerprint density at radius 1 is 1.08 bits per heavy atom. The standard InChI is InChI=1S/C19H16BrNO4/c1-13-17(18(21-25-13)14-5-3-2-4-6-14)19(22)24-12-11-23-16-9-7-15(20)8-10-16/h2-10H,11-12H2,1H3. The molecule has 0 saturated heterocycles. The van der Waals surface area contributed by atoms with Crippen LogP contribution in [0.5, 0.6) is 5.75 Å². The predicted molar refractivity (Wildman–Crippen MR) is 96.6 cm³/mol. The van der Waals surface area contributed by atoms with E-state index >= 15 is 0 Å². The van der Waals surface area contributed by atoms with E-state index < -0.39 is 5.97 Å². The lowest BCUT2D eigenvalue weighted by Crippen LogP contribution is -2.13. The number of hydrogen-bond acceptors (Lipinski definition) is 5. The van der Waals surface area contributed by atoms with Gasteiger partial charge in [0.15, 0.2) is 0 Å². The summed E-state index contributed by atoms with van der Waals surface area (Å²) >= 11 is 3.36. The first kappa shape index (κ1) is 17.2. The molecule has 0 aliphatic rings. The third-order valence-electron chi connectivity index (χ3n) is 3.51. The second kappa shape index (κ2) is 7.98. The van der Waals surface area contributed by atoms with Crippen molar-refractivity contribution in [2.45, 2.75) is 6.92 Å². The molecule has 0 bridgehead atoms. The molecule has 0 unspecified atom stereocenters. The molecule has 1 aromatic heterocycles. The Morgan fingerprint density at radius 3 is 2.52 bits per heavy atom. The Morgan fingerprint density at radius 2 is 1.80 bits per heavy atom. The Kier molecular flexibility index (Phi) is 5.50. The maximum absolute atomic E-state index is 12.4. The molecule has 1 heterocycles. The van der Waals surface area contributed by atoms with Gasteiger partial charge >= 0.3 is 5.97 Å². The van der Waals surface area contributed by atoms with Gasteiger partial charge in [0.1, 0.15) is 36.0 Å². The number of hydrogen-bond donors (Lipinski definition) is 0. The first-order valence-corrected chi connectivity index (χ1v) is 8.51. The molecule has 25 heavy (non-hydrogen) atoms. The van der Waals surface area contributed by atoms with E-state index in [9.17, 15) is 4.79 Å². The average Bonchev–Trinajstić information content (AvgIpc) is 3.02. The summed E-state index contributed by atoms with van der Waals surface area (Å²) in [5, 5.41) is 3.98. The van der Waals surface area contributed by atoms with Crippen molar-refractivity contribution in [3.63, 3.8) is 0 Å². The molecule has 128 valence electrons. The third-order valence-corrected chi connectivity index (χ3v) is 4.04. The second-order valence-corrected chi connectivity index (χ2v) is 6.18. The van der Waals surface area contributed by atoms with Gasteiger partial charge in [0.25, 0.3) is 0 Å². The first-order valence-electron chi connectivity index (χ1n) is 7.72. The Balaban J connectivity index is 1.60. The van der Waals surface area contributed by atoms with Crippen LogP contribution < -0.4 is 4.74 Å². The van der Waals surface area contributed by atoms with Crippen molar-refractivity contribution in [2.24, 2.45) is 0 Å². The van der Waals surface area contributed by atoms with Crippen LogP contribution in [0.25, 0.3) is 11.3 Å². The average molecular weight is 402 g/mol. The molecule has 3 rings (SSSR count). The van der Waals surface area contributed by atoms with Gasteiger partial charge in [0.05, 0.1) is 0 Å². The maximum Gasteiger partial charge on any atom is 0.344 e. The quantitative estimate of drug-likeness (QED) is 0.444. The van der Waals surface area contributed by atoms with Gasteiger partial charge < -0.3 is 14.0 Å². The number of esters is 1. The van der Waals surface area contributed by atoms with E-state index in [0.29, 0.717) is 22.8 Å².